The van der Waals surface area contributed by atoms with Crippen molar-refractivity contribution in [2.75, 3.05) is 0 Å². The molecule has 0 unspecified atom stereocenters. The Bertz CT molecular complexity index is 295. The van der Waals surface area contributed by atoms with Gasteiger partial charge in [-0.05, 0) is 0 Å². The Labute approximate surface area is 81.2 Å². The van der Waals surface area contributed by atoms with Crippen LogP contribution in [0, 0.1) is 0 Å². The predicted molar refractivity (Wildman–Crippen MR) is 52.6 cm³/mol. The summed E-state index contributed by atoms with van der Waals surface area (Å²) in [6.07, 6.45) is 1.68. The largest absolute Gasteiger partial charge is 0.364 e. The van der Waals surface area contributed by atoms with E-state index in [1.54, 1.807) is 6.20 Å². The van der Waals surface area contributed by atoms with E-state index in [0.717, 1.165) is 11.4 Å². The molecule has 1 aromatic rings. The zero-order chi connectivity index (χ0) is 9.84. The fraction of sp³-hybridized carbons (Fsp3) is 0.500. The molecule has 5 heteroatoms. The molecule has 1 heterocycles. The molecule has 72 valence electrons. The summed E-state index contributed by atoms with van der Waals surface area (Å²) in [6.45, 7) is 4.87. The molecule has 1 aromatic heterocycles. The molecule has 1 rings (SSSR count). The van der Waals surface area contributed by atoms with Crippen LogP contribution in [0.2, 0.25) is 0 Å². The van der Waals surface area contributed by atoms with Crippen molar-refractivity contribution in [1.29, 1.82) is 0 Å². The Kier molecular flexibility index (Phi) is 3.39. The lowest BCUT2D eigenvalue weighted by atomic mass is 10.4. The molecule has 0 saturated carbocycles. The average Bonchev–Trinajstić information content (AvgIpc) is 2.48. The van der Waals surface area contributed by atoms with Crippen LogP contribution < -0.4 is 11.1 Å². The maximum absolute atomic E-state index is 10.7. The van der Waals surface area contributed by atoms with Gasteiger partial charge < -0.3 is 11.1 Å². The van der Waals surface area contributed by atoms with Gasteiger partial charge in [0.2, 0.25) is 0 Å². The Morgan fingerprint density at radius 3 is 2.92 bits per heavy atom. The normalized spacial score (nSPS) is 10.7. The Morgan fingerprint density at radius 1 is 1.77 bits per heavy atom. The maximum Gasteiger partial charge on any atom is 0.277 e. The third-order valence-electron chi connectivity index (χ3n) is 1.45. The number of primary amides is 1. The first kappa shape index (κ1) is 10.1. The van der Waals surface area contributed by atoms with Gasteiger partial charge in [0.25, 0.3) is 5.91 Å². The van der Waals surface area contributed by atoms with Crippen LogP contribution in [0.15, 0.2) is 6.20 Å². The van der Waals surface area contributed by atoms with Crippen molar-refractivity contribution in [3.63, 3.8) is 0 Å². The third kappa shape index (κ3) is 3.12. The van der Waals surface area contributed by atoms with Crippen LogP contribution in [0.5, 0.6) is 0 Å². The molecule has 0 spiro atoms. The second kappa shape index (κ2) is 4.34. The quantitative estimate of drug-likeness (QED) is 0.751. The minimum atomic E-state index is -0.458. The van der Waals surface area contributed by atoms with Crippen molar-refractivity contribution in [2.45, 2.75) is 26.4 Å². The number of hydrogen-bond donors (Lipinski definition) is 2. The van der Waals surface area contributed by atoms with Crippen molar-refractivity contribution in [3.05, 3.63) is 16.1 Å². The topological polar surface area (TPSA) is 68.0 Å². The van der Waals surface area contributed by atoms with Crippen LogP contribution in [0.1, 0.15) is 28.5 Å². The minimum absolute atomic E-state index is 0.376. The molecular weight excluding hydrogens is 186 g/mol. The fourth-order valence-electron chi connectivity index (χ4n) is 0.808. The molecule has 0 atom stereocenters. The van der Waals surface area contributed by atoms with Gasteiger partial charge in [-0.25, -0.2) is 4.98 Å². The molecule has 0 aliphatic rings. The number of nitrogens with zero attached hydrogens (tertiary/aromatic N) is 1. The van der Waals surface area contributed by atoms with Gasteiger partial charge in [-0.2, -0.15) is 0 Å². The van der Waals surface area contributed by atoms with Gasteiger partial charge in [-0.1, -0.05) is 13.8 Å². The highest BCUT2D eigenvalue weighted by Crippen LogP contribution is 2.11. The minimum Gasteiger partial charge on any atom is -0.364 e. The molecule has 0 radical (unpaired) electrons. The number of nitrogens with one attached hydrogen (secondary N) is 1. The van der Waals surface area contributed by atoms with E-state index in [2.05, 4.69) is 24.1 Å². The molecular formula is C8H13N3OS. The summed E-state index contributed by atoms with van der Waals surface area (Å²) < 4.78 is 0. The van der Waals surface area contributed by atoms with Crippen molar-refractivity contribution >= 4 is 17.2 Å². The average molecular weight is 199 g/mol. The fourth-order valence-corrected chi connectivity index (χ4v) is 1.52. The number of carbonyl (C=O) groups is 1. The summed E-state index contributed by atoms with van der Waals surface area (Å²) in [4.78, 5) is 15.6. The lowest BCUT2D eigenvalue weighted by molar-refractivity contribution is 0.1000. The van der Waals surface area contributed by atoms with E-state index in [1.165, 1.54) is 11.3 Å². The highest BCUT2D eigenvalue weighted by Gasteiger charge is 2.06. The lowest BCUT2D eigenvalue weighted by Gasteiger charge is -2.04. The SMILES string of the molecule is CC(C)NCc1cnc(C(N)=O)s1. The number of carbonyl (C=O) groups excluding carboxylic acids is 1. The number of rotatable bonds is 4. The van der Waals surface area contributed by atoms with Crippen molar-refractivity contribution in [1.82, 2.24) is 10.3 Å². The van der Waals surface area contributed by atoms with Gasteiger partial charge in [-0.3, -0.25) is 4.79 Å². The van der Waals surface area contributed by atoms with E-state index in [1.807, 2.05) is 0 Å². The van der Waals surface area contributed by atoms with Crippen LogP contribution in [-0.2, 0) is 6.54 Å². The van der Waals surface area contributed by atoms with Crippen LogP contribution in [-0.4, -0.2) is 16.9 Å². The van der Waals surface area contributed by atoms with Crippen LogP contribution >= 0.6 is 11.3 Å². The molecule has 4 nitrogen and oxygen atoms in total. The summed E-state index contributed by atoms with van der Waals surface area (Å²) in [5.74, 6) is -0.458. The van der Waals surface area contributed by atoms with Gasteiger partial charge in [0.15, 0.2) is 5.01 Å². The number of hydrogen-bond acceptors (Lipinski definition) is 4. The van der Waals surface area contributed by atoms with E-state index in [4.69, 9.17) is 5.73 Å². The Hall–Kier alpha value is -0.940. The zero-order valence-electron chi connectivity index (χ0n) is 7.70. The second-order valence-corrected chi connectivity index (χ2v) is 4.15. The molecule has 0 aliphatic carbocycles. The van der Waals surface area contributed by atoms with Crippen LogP contribution in [0.25, 0.3) is 0 Å². The molecule has 1 amide bonds. The summed E-state index contributed by atoms with van der Waals surface area (Å²) >= 11 is 1.33. The Balaban J connectivity index is 2.54. The predicted octanol–water partition coefficient (Wildman–Crippen LogP) is 0.740. The van der Waals surface area contributed by atoms with Crippen molar-refractivity contribution in [3.8, 4) is 0 Å². The molecule has 0 saturated heterocycles. The van der Waals surface area contributed by atoms with Gasteiger partial charge in [-0.15, -0.1) is 11.3 Å². The molecule has 3 N–H and O–H groups in total. The zero-order valence-corrected chi connectivity index (χ0v) is 8.52. The molecule has 0 bridgehead atoms. The van der Waals surface area contributed by atoms with E-state index in [0.29, 0.717) is 11.0 Å². The molecule has 0 aromatic carbocycles. The first-order valence-electron chi connectivity index (χ1n) is 4.07. The number of amides is 1. The first-order chi connectivity index (χ1) is 6.09. The van der Waals surface area contributed by atoms with E-state index >= 15 is 0 Å². The van der Waals surface area contributed by atoms with Gasteiger partial charge in [0, 0.05) is 23.7 Å². The molecule has 0 fully saturated rings. The maximum atomic E-state index is 10.7. The number of nitrogens with two attached hydrogens (primary N) is 1. The van der Waals surface area contributed by atoms with Gasteiger partial charge in [0.05, 0.1) is 0 Å². The lowest BCUT2D eigenvalue weighted by Crippen LogP contribution is -2.21. The van der Waals surface area contributed by atoms with Gasteiger partial charge >= 0.3 is 0 Å². The summed E-state index contributed by atoms with van der Waals surface area (Å²) in [6, 6.07) is 0.430. The van der Waals surface area contributed by atoms with Crippen LogP contribution in [0.3, 0.4) is 0 Å². The molecule has 13 heavy (non-hydrogen) atoms. The van der Waals surface area contributed by atoms with Crippen LogP contribution in [0.4, 0.5) is 0 Å². The monoisotopic (exact) mass is 199 g/mol. The first-order valence-corrected chi connectivity index (χ1v) is 4.89. The standard InChI is InChI=1S/C8H13N3OS/c1-5(2)10-3-6-4-11-8(13-6)7(9)12/h4-5,10H,3H2,1-2H3,(H2,9,12). The van der Waals surface area contributed by atoms with E-state index in [-0.39, 0.29) is 0 Å². The summed E-state index contributed by atoms with van der Waals surface area (Å²) in [7, 11) is 0. The highest BCUT2D eigenvalue weighted by atomic mass is 32.1. The smallest absolute Gasteiger partial charge is 0.277 e. The highest BCUT2D eigenvalue weighted by molar-refractivity contribution is 7.13. The molecule has 0 aliphatic heterocycles. The summed E-state index contributed by atoms with van der Waals surface area (Å²) in [5, 5.41) is 3.61. The van der Waals surface area contributed by atoms with E-state index in [9.17, 15) is 4.79 Å². The number of aromatic nitrogens is 1. The second-order valence-electron chi connectivity index (χ2n) is 3.03. The van der Waals surface area contributed by atoms with Crippen molar-refractivity contribution < 1.29 is 4.79 Å². The van der Waals surface area contributed by atoms with Crippen molar-refractivity contribution in [2.24, 2.45) is 5.73 Å². The number of thiazole rings is 1. The van der Waals surface area contributed by atoms with Gasteiger partial charge in [0.1, 0.15) is 0 Å². The Morgan fingerprint density at radius 2 is 2.46 bits per heavy atom. The third-order valence-corrected chi connectivity index (χ3v) is 2.46. The summed E-state index contributed by atoms with van der Waals surface area (Å²) in [5.41, 5.74) is 5.07. The van der Waals surface area contributed by atoms with E-state index < -0.39 is 5.91 Å².